The molecule has 8 heteroatoms. The van der Waals surface area contributed by atoms with Gasteiger partial charge in [0.05, 0.1) is 25.5 Å². The predicted molar refractivity (Wildman–Crippen MR) is 106 cm³/mol. The Morgan fingerprint density at radius 3 is 2.30 bits per heavy atom. The highest BCUT2D eigenvalue weighted by atomic mass is 35.5. The Morgan fingerprint density at radius 1 is 1.11 bits per heavy atom. The molecule has 0 fully saturated rings. The number of hydrogen-bond acceptors (Lipinski definition) is 4. The van der Waals surface area contributed by atoms with Gasteiger partial charge in [-0.25, -0.2) is 0 Å². The zero-order valence-corrected chi connectivity index (χ0v) is 16.6. The number of nitrogens with one attached hydrogen (secondary N) is 1. The van der Waals surface area contributed by atoms with Gasteiger partial charge >= 0.3 is 0 Å². The molecular weight excluding hydrogens is 391 g/mol. The molecule has 2 amide bonds. The van der Waals surface area contributed by atoms with Crippen molar-refractivity contribution in [3.8, 4) is 11.5 Å². The van der Waals surface area contributed by atoms with E-state index in [1.165, 1.54) is 26.4 Å². The molecule has 0 radical (unpaired) electrons. The molecule has 2 rings (SSSR count). The van der Waals surface area contributed by atoms with Gasteiger partial charge in [-0.3, -0.25) is 9.59 Å². The van der Waals surface area contributed by atoms with Gasteiger partial charge < -0.3 is 20.5 Å². The molecule has 1 atom stereocenters. The molecule has 6 nitrogen and oxygen atoms in total. The van der Waals surface area contributed by atoms with Crippen LogP contribution in [0.25, 0.3) is 0 Å². The van der Waals surface area contributed by atoms with Crippen molar-refractivity contribution in [2.24, 2.45) is 11.7 Å². The topological polar surface area (TPSA) is 90.6 Å². The van der Waals surface area contributed by atoms with E-state index in [-0.39, 0.29) is 17.2 Å². The average Bonchev–Trinajstić information content (AvgIpc) is 2.63. The van der Waals surface area contributed by atoms with Gasteiger partial charge in [0.1, 0.15) is 0 Å². The van der Waals surface area contributed by atoms with Gasteiger partial charge in [-0.1, -0.05) is 36.2 Å². The molecule has 0 aromatic heterocycles. The Bertz CT molecular complexity index is 871. The molecule has 0 spiro atoms. The Kier molecular flexibility index (Phi) is 6.93. The summed E-state index contributed by atoms with van der Waals surface area (Å²) in [4.78, 5) is 24.4. The monoisotopic (exact) mass is 410 g/mol. The van der Waals surface area contributed by atoms with Crippen molar-refractivity contribution in [3.63, 3.8) is 0 Å². The lowest BCUT2D eigenvalue weighted by atomic mass is 10.00. The quantitative estimate of drug-likeness (QED) is 0.723. The third kappa shape index (κ3) is 5.05. The molecule has 0 heterocycles. The van der Waals surface area contributed by atoms with E-state index in [1.54, 1.807) is 25.1 Å². The van der Waals surface area contributed by atoms with E-state index in [4.69, 9.17) is 38.4 Å². The molecule has 27 heavy (non-hydrogen) atoms. The molecule has 0 aliphatic heterocycles. The third-order valence-electron chi connectivity index (χ3n) is 4.04. The number of primary amides is 1. The van der Waals surface area contributed by atoms with Crippen LogP contribution in [0.3, 0.4) is 0 Å². The maximum Gasteiger partial charge on any atom is 0.250 e. The maximum absolute atomic E-state index is 12.6. The van der Waals surface area contributed by atoms with E-state index in [1.807, 2.05) is 0 Å². The first kappa shape index (κ1) is 20.9. The molecule has 2 aromatic rings. The van der Waals surface area contributed by atoms with Crippen molar-refractivity contribution < 1.29 is 19.1 Å². The summed E-state index contributed by atoms with van der Waals surface area (Å²) in [6, 6.07) is 8.05. The first-order valence-electron chi connectivity index (χ1n) is 8.07. The number of amides is 2. The SMILES string of the molecule is COc1cc(NC(=O)C(C)Cc2ccc(Cl)cc2Cl)c(C(N)=O)cc1OC. The number of anilines is 1. The highest BCUT2D eigenvalue weighted by Gasteiger charge is 2.20. The number of nitrogens with two attached hydrogens (primary N) is 1. The van der Waals surface area contributed by atoms with E-state index < -0.39 is 11.8 Å². The fourth-order valence-electron chi connectivity index (χ4n) is 2.55. The highest BCUT2D eigenvalue weighted by Crippen LogP contribution is 2.33. The molecule has 0 aliphatic rings. The van der Waals surface area contributed by atoms with Gasteiger partial charge in [0.2, 0.25) is 5.91 Å². The second kappa shape index (κ2) is 8.97. The van der Waals surface area contributed by atoms with E-state index in [9.17, 15) is 9.59 Å². The molecule has 1 unspecified atom stereocenters. The summed E-state index contributed by atoms with van der Waals surface area (Å²) in [5.74, 6) is -0.704. The smallest absolute Gasteiger partial charge is 0.250 e. The van der Waals surface area contributed by atoms with Crippen LogP contribution in [0.5, 0.6) is 11.5 Å². The predicted octanol–water partition coefficient (Wildman–Crippen LogP) is 3.93. The zero-order valence-electron chi connectivity index (χ0n) is 15.1. The van der Waals surface area contributed by atoms with Gasteiger partial charge in [0.15, 0.2) is 11.5 Å². The lowest BCUT2D eigenvalue weighted by Crippen LogP contribution is -2.24. The summed E-state index contributed by atoms with van der Waals surface area (Å²) in [5, 5.41) is 3.74. The van der Waals surface area contributed by atoms with Crippen LogP contribution in [-0.4, -0.2) is 26.0 Å². The average molecular weight is 411 g/mol. The van der Waals surface area contributed by atoms with Gasteiger partial charge in [-0.05, 0) is 30.2 Å². The molecule has 0 saturated heterocycles. The van der Waals surface area contributed by atoms with Crippen LogP contribution >= 0.6 is 23.2 Å². The first-order chi connectivity index (χ1) is 12.8. The number of rotatable bonds is 7. The standard InChI is InChI=1S/C19H20Cl2N2O4/c1-10(6-11-4-5-12(20)7-14(11)21)19(25)23-15-9-17(27-3)16(26-2)8-13(15)18(22)24/h4-5,7-10H,6H2,1-3H3,(H2,22,24)(H,23,25). The van der Waals surface area contributed by atoms with Crippen molar-refractivity contribution in [3.05, 3.63) is 51.5 Å². The van der Waals surface area contributed by atoms with E-state index in [0.29, 0.717) is 28.0 Å². The highest BCUT2D eigenvalue weighted by molar-refractivity contribution is 6.35. The minimum Gasteiger partial charge on any atom is -0.493 e. The lowest BCUT2D eigenvalue weighted by Gasteiger charge is -2.17. The van der Waals surface area contributed by atoms with Crippen molar-refractivity contribution >= 4 is 40.7 Å². The number of halogens is 2. The lowest BCUT2D eigenvalue weighted by molar-refractivity contribution is -0.119. The van der Waals surface area contributed by atoms with Crippen molar-refractivity contribution in [1.82, 2.24) is 0 Å². The largest absolute Gasteiger partial charge is 0.493 e. The van der Waals surface area contributed by atoms with Gasteiger partial charge in [0, 0.05) is 22.0 Å². The first-order valence-corrected chi connectivity index (χ1v) is 8.83. The Morgan fingerprint density at radius 2 is 1.74 bits per heavy atom. The van der Waals surface area contributed by atoms with Crippen LogP contribution in [0.2, 0.25) is 10.0 Å². The zero-order chi connectivity index (χ0) is 20.1. The minimum atomic E-state index is -0.695. The van der Waals surface area contributed by atoms with Crippen molar-refractivity contribution in [1.29, 1.82) is 0 Å². The molecule has 0 bridgehead atoms. The number of carbonyl (C=O) groups is 2. The summed E-state index contributed by atoms with van der Waals surface area (Å²) in [7, 11) is 2.90. The minimum absolute atomic E-state index is 0.123. The van der Waals surface area contributed by atoms with E-state index >= 15 is 0 Å². The Balaban J connectivity index is 2.24. The summed E-state index contributed by atoms with van der Waals surface area (Å²) < 4.78 is 10.4. The number of carbonyl (C=O) groups excluding carboxylic acids is 2. The van der Waals surface area contributed by atoms with E-state index in [0.717, 1.165) is 5.56 Å². The van der Waals surface area contributed by atoms with Crippen molar-refractivity contribution in [2.75, 3.05) is 19.5 Å². The molecule has 3 N–H and O–H groups in total. The van der Waals surface area contributed by atoms with E-state index in [2.05, 4.69) is 5.32 Å². The summed E-state index contributed by atoms with van der Waals surface area (Å²) in [6.07, 6.45) is 0.404. The number of hydrogen-bond donors (Lipinski definition) is 2. The number of ether oxygens (including phenoxy) is 2. The van der Waals surface area contributed by atoms with Crippen LogP contribution < -0.4 is 20.5 Å². The maximum atomic E-state index is 12.6. The second-order valence-electron chi connectivity index (χ2n) is 5.95. The third-order valence-corrected chi connectivity index (χ3v) is 4.62. The molecule has 0 aliphatic carbocycles. The summed E-state index contributed by atoms with van der Waals surface area (Å²) >= 11 is 12.1. The molecule has 144 valence electrons. The molecule has 0 saturated carbocycles. The number of methoxy groups -OCH3 is 2. The Labute approximate surface area is 167 Å². The fourth-order valence-corrected chi connectivity index (χ4v) is 3.04. The fraction of sp³-hybridized carbons (Fsp3) is 0.263. The summed E-state index contributed by atoms with van der Waals surface area (Å²) in [5.41, 5.74) is 6.59. The molecular formula is C19H20Cl2N2O4. The van der Waals surface area contributed by atoms with Gasteiger partial charge in [0.25, 0.3) is 5.91 Å². The van der Waals surface area contributed by atoms with Crippen LogP contribution in [0.1, 0.15) is 22.8 Å². The normalized spacial score (nSPS) is 11.6. The van der Waals surface area contributed by atoms with Crippen LogP contribution in [0.15, 0.2) is 30.3 Å². The summed E-state index contributed by atoms with van der Waals surface area (Å²) in [6.45, 7) is 1.75. The van der Waals surface area contributed by atoms with Crippen LogP contribution in [0, 0.1) is 5.92 Å². The number of benzene rings is 2. The Hall–Kier alpha value is -2.44. The van der Waals surface area contributed by atoms with Gasteiger partial charge in [-0.15, -0.1) is 0 Å². The molecule has 2 aromatic carbocycles. The van der Waals surface area contributed by atoms with Crippen LogP contribution in [0.4, 0.5) is 5.69 Å². The van der Waals surface area contributed by atoms with Crippen LogP contribution in [-0.2, 0) is 11.2 Å². The van der Waals surface area contributed by atoms with Crippen molar-refractivity contribution in [2.45, 2.75) is 13.3 Å². The second-order valence-corrected chi connectivity index (χ2v) is 6.79. The van der Waals surface area contributed by atoms with Gasteiger partial charge in [-0.2, -0.15) is 0 Å².